The molecule has 1 atom stereocenters. The first-order chi connectivity index (χ1) is 12.4. The Labute approximate surface area is 157 Å². The molecule has 5 nitrogen and oxygen atoms in total. The first kappa shape index (κ1) is 18.2. The van der Waals surface area contributed by atoms with Crippen molar-refractivity contribution in [2.45, 2.75) is 6.10 Å². The van der Waals surface area contributed by atoms with Crippen LogP contribution in [-0.2, 0) is 9.53 Å². The molecule has 134 valence electrons. The van der Waals surface area contributed by atoms with Crippen LogP contribution in [0, 0.1) is 11.2 Å². The molecule has 0 saturated heterocycles. The summed E-state index contributed by atoms with van der Waals surface area (Å²) in [5.41, 5.74) is 5.89. The van der Waals surface area contributed by atoms with Gasteiger partial charge in [-0.2, -0.15) is 0 Å². The summed E-state index contributed by atoms with van der Waals surface area (Å²) in [7, 11) is 1.24. The minimum Gasteiger partial charge on any atom is -0.474 e. The maximum atomic E-state index is 13.4. The molecule has 0 spiro atoms. The number of hydrogen-bond donors (Lipinski definition) is 2. The van der Waals surface area contributed by atoms with Crippen LogP contribution >= 0.6 is 22.9 Å². The van der Waals surface area contributed by atoms with Crippen molar-refractivity contribution in [1.29, 1.82) is 5.41 Å². The van der Waals surface area contributed by atoms with Crippen LogP contribution in [0.2, 0.25) is 5.02 Å². The highest BCUT2D eigenvalue weighted by molar-refractivity contribution is 7.20. The number of nitrogens with two attached hydrogens (primary N) is 1. The molecule has 0 amide bonds. The number of hydrogen-bond acceptors (Lipinski definition) is 5. The molecular formula is C18H14ClFN2O3S. The van der Waals surface area contributed by atoms with Gasteiger partial charge in [-0.1, -0.05) is 17.7 Å². The van der Waals surface area contributed by atoms with Crippen molar-refractivity contribution >= 4 is 44.8 Å². The van der Waals surface area contributed by atoms with Gasteiger partial charge in [0.2, 0.25) is 6.10 Å². The molecule has 3 rings (SSSR count). The average Bonchev–Trinajstić information content (AvgIpc) is 3.05. The lowest BCUT2D eigenvalue weighted by Gasteiger charge is -2.17. The lowest BCUT2D eigenvalue weighted by molar-refractivity contribution is -0.149. The highest BCUT2D eigenvalue weighted by atomic mass is 35.5. The number of rotatable bonds is 5. The predicted molar refractivity (Wildman–Crippen MR) is 99.6 cm³/mol. The number of halogens is 2. The van der Waals surface area contributed by atoms with Gasteiger partial charge in [-0.3, -0.25) is 5.41 Å². The van der Waals surface area contributed by atoms with Crippen molar-refractivity contribution in [2.75, 3.05) is 7.11 Å². The summed E-state index contributed by atoms with van der Waals surface area (Å²) >= 11 is 7.15. The SMILES string of the molecule is COC(=O)C(Oc1ccc2cc(C(=N)N)sc2c1)c1ccc(F)c(Cl)c1. The molecule has 0 fully saturated rings. The summed E-state index contributed by atoms with van der Waals surface area (Å²) in [4.78, 5) is 12.8. The van der Waals surface area contributed by atoms with E-state index in [1.165, 1.54) is 36.6 Å². The number of fused-ring (bicyclic) bond motifs is 1. The van der Waals surface area contributed by atoms with Crippen LogP contribution in [0.15, 0.2) is 42.5 Å². The van der Waals surface area contributed by atoms with E-state index >= 15 is 0 Å². The Morgan fingerprint density at radius 2 is 2.04 bits per heavy atom. The summed E-state index contributed by atoms with van der Waals surface area (Å²) in [5, 5.41) is 8.32. The maximum absolute atomic E-state index is 13.4. The van der Waals surface area contributed by atoms with Gasteiger partial charge in [-0.15, -0.1) is 11.3 Å². The number of methoxy groups -OCH3 is 1. The fourth-order valence-corrected chi connectivity index (χ4v) is 3.53. The fourth-order valence-electron chi connectivity index (χ4n) is 2.39. The van der Waals surface area contributed by atoms with Gasteiger partial charge in [0, 0.05) is 10.3 Å². The molecule has 1 unspecified atom stereocenters. The van der Waals surface area contributed by atoms with Crippen LogP contribution in [0.1, 0.15) is 16.5 Å². The quantitative estimate of drug-likeness (QED) is 0.385. The number of amidine groups is 1. The third-order valence-electron chi connectivity index (χ3n) is 3.67. The van der Waals surface area contributed by atoms with Gasteiger partial charge >= 0.3 is 5.97 Å². The zero-order valence-electron chi connectivity index (χ0n) is 13.6. The van der Waals surface area contributed by atoms with Gasteiger partial charge in [-0.05, 0) is 41.8 Å². The molecule has 26 heavy (non-hydrogen) atoms. The molecule has 0 aliphatic heterocycles. The van der Waals surface area contributed by atoms with E-state index in [-0.39, 0.29) is 10.9 Å². The van der Waals surface area contributed by atoms with Gasteiger partial charge in [0.05, 0.1) is 17.0 Å². The Balaban J connectivity index is 1.95. The molecular weight excluding hydrogens is 379 g/mol. The van der Waals surface area contributed by atoms with Crippen molar-refractivity contribution in [2.24, 2.45) is 5.73 Å². The smallest absolute Gasteiger partial charge is 0.351 e. The average molecular weight is 393 g/mol. The van der Waals surface area contributed by atoms with E-state index in [2.05, 4.69) is 0 Å². The van der Waals surface area contributed by atoms with E-state index < -0.39 is 17.9 Å². The fraction of sp³-hybridized carbons (Fsp3) is 0.111. The molecule has 0 aliphatic carbocycles. The normalized spacial score (nSPS) is 12.0. The Morgan fingerprint density at radius 3 is 2.69 bits per heavy atom. The van der Waals surface area contributed by atoms with E-state index in [4.69, 9.17) is 32.2 Å². The standard InChI is InChI=1S/C18H14ClFN2O3S/c1-24-18(23)16(10-3-5-13(20)12(19)6-10)25-11-4-2-9-7-15(17(21)22)26-14(9)8-11/h2-8,16H,1H3,(H3,21,22). The maximum Gasteiger partial charge on any atom is 0.351 e. The van der Waals surface area contributed by atoms with Crippen LogP contribution < -0.4 is 10.5 Å². The monoisotopic (exact) mass is 392 g/mol. The van der Waals surface area contributed by atoms with Crippen molar-refractivity contribution < 1.29 is 18.7 Å². The third-order valence-corrected chi connectivity index (χ3v) is 5.09. The second-order valence-electron chi connectivity index (χ2n) is 5.42. The topological polar surface area (TPSA) is 85.4 Å². The van der Waals surface area contributed by atoms with Crippen molar-refractivity contribution in [1.82, 2.24) is 0 Å². The van der Waals surface area contributed by atoms with Crippen LogP contribution in [0.3, 0.4) is 0 Å². The minimum absolute atomic E-state index is 0.0120. The summed E-state index contributed by atoms with van der Waals surface area (Å²) in [6, 6.07) is 11.0. The molecule has 0 aliphatic rings. The Kier molecular flexibility index (Phi) is 5.11. The lowest BCUT2D eigenvalue weighted by atomic mass is 10.1. The van der Waals surface area contributed by atoms with Gasteiger partial charge < -0.3 is 15.2 Å². The van der Waals surface area contributed by atoms with Gasteiger partial charge in [0.25, 0.3) is 0 Å². The van der Waals surface area contributed by atoms with E-state index in [9.17, 15) is 9.18 Å². The minimum atomic E-state index is -1.09. The number of benzene rings is 2. The number of nitrogens with one attached hydrogen (secondary N) is 1. The summed E-state index contributed by atoms with van der Waals surface area (Å²) in [5.74, 6) is -0.813. The number of nitrogen functional groups attached to an aromatic ring is 1. The molecule has 1 aromatic heterocycles. The summed E-state index contributed by atoms with van der Waals surface area (Å²) < 4.78 is 24.8. The Hall–Kier alpha value is -2.64. The van der Waals surface area contributed by atoms with Crippen molar-refractivity contribution in [3.8, 4) is 5.75 Å². The van der Waals surface area contributed by atoms with E-state index in [0.29, 0.717) is 16.2 Å². The van der Waals surface area contributed by atoms with E-state index in [1.807, 2.05) is 6.07 Å². The van der Waals surface area contributed by atoms with E-state index in [0.717, 1.165) is 10.1 Å². The molecule has 0 radical (unpaired) electrons. The summed E-state index contributed by atoms with van der Waals surface area (Å²) in [6.07, 6.45) is -1.09. The third kappa shape index (κ3) is 3.63. The number of ether oxygens (including phenoxy) is 2. The van der Waals surface area contributed by atoms with Gasteiger partial charge in [-0.25, -0.2) is 9.18 Å². The Bertz CT molecular complexity index is 1010. The summed E-state index contributed by atoms with van der Waals surface area (Å²) in [6.45, 7) is 0. The number of carbonyl (C=O) groups is 1. The number of thiophene rings is 1. The molecule has 8 heteroatoms. The Morgan fingerprint density at radius 1 is 1.27 bits per heavy atom. The van der Waals surface area contributed by atoms with Gasteiger partial charge in [0.1, 0.15) is 17.4 Å². The first-order valence-corrected chi connectivity index (χ1v) is 8.66. The molecule has 0 saturated carbocycles. The molecule has 2 aromatic carbocycles. The van der Waals surface area contributed by atoms with Gasteiger partial charge in [0.15, 0.2) is 0 Å². The number of esters is 1. The molecule has 0 bridgehead atoms. The zero-order chi connectivity index (χ0) is 18.8. The predicted octanol–water partition coefficient (Wildman–Crippen LogP) is 4.27. The highest BCUT2D eigenvalue weighted by Crippen LogP contribution is 2.32. The zero-order valence-corrected chi connectivity index (χ0v) is 15.2. The molecule has 3 N–H and O–H groups in total. The first-order valence-electron chi connectivity index (χ1n) is 7.46. The van der Waals surface area contributed by atoms with E-state index in [1.54, 1.807) is 18.2 Å². The van der Waals surface area contributed by atoms with Crippen molar-refractivity contribution in [3.63, 3.8) is 0 Å². The van der Waals surface area contributed by atoms with Crippen LogP contribution in [0.25, 0.3) is 10.1 Å². The second kappa shape index (κ2) is 7.31. The highest BCUT2D eigenvalue weighted by Gasteiger charge is 2.25. The molecule has 3 aromatic rings. The van der Waals surface area contributed by atoms with Crippen LogP contribution in [0.5, 0.6) is 5.75 Å². The lowest BCUT2D eigenvalue weighted by Crippen LogP contribution is -2.20. The largest absolute Gasteiger partial charge is 0.474 e. The second-order valence-corrected chi connectivity index (χ2v) is 6.91. The molecule has 1 heterocycles. The van der Waals surface area contributed by atoms with Crippen molar-refractivity contribution in [3.05, 3.63) is 63.7 Å². The number of carbonyl (C=O) groups excluding carboxylic acids is 1. The van der Waals surface area contributed by atoms with Crippen LogP contribution in [-0.4, -0.2) is 18.9 Å². The van der Waals surface area contributed by atoms with Crippen LogP contribution in [0.4, 0.5) is 4.39 Å².